The number of hydrogen-bond donors (Lipinski definition) is 1. The molecule has 0 aliphatic carbocycles. The quantitative estimate of drug-likeness (QED) is 0.924. The largest absolute Gasteiger partial charge is 0.396 e. The number of thiophene rings is 1. The van der Waals surface area contributed by atoms with Crippen LogP contribution in [0.15, 0.2) is 11.4 Å². The Morgan fingerprint density at radius 2 is 2.47 bits per heavy atom. The Kier molecular flexibility index (Phi) is 3.94. The number of hydrogen-bond acceptors (Lipinski definition) is 4. The molecule has 0 spiro atoms. The van der Waals surface area contributed by atoms with Crippen molar-refractivity contribution in [2.75, 3.05) is 32.9 Å². The molecule has 1 aromatic rings. The molecule has 2 unspecified atom stereocenters. The third-order valence-electron chi connectivity index (χ3n) is 4.68. The van der Waals surface area contributed by atoms with Crippen LogP contribution in [0, 0.1) is 5.41 Å². The molecule has 2 aliphatic rings. The summed E-state index contributed by atoms with van der Waals surface area (Å²) in [5, 5.41) is 12.0. The summed E-state index contributed by atoms with van der Waals surface area (Å²) in [7, 11) is 0. The molecule has 1 saturated heterocycles. The Balaban J connectivity index is 1.73. The molecule has 0 saturated carbocycles. The number of ether oxygens (including phenoxy) is 1. The van der Waals surface area contributed by atoms with Gasteiger partial charge in [0.25, 0.3) is 0 Å². The van der Waals surface area contributed by atoms with Crippen LogP contribution < -0.4 is 0 Å². The van der Waals surface area contributed by atoms with Crippen molar-refractivity contribution in [1.82, 2.24) is 4.90 Å². The molecule has 4 heteroatoms. The van der Waals surface area contributed by atoms with Crippen LogP contribution in [-0.2, 0) is 11.2 Å². The second kappa shape index (κ2) is 5.52. The van der Waals surface area contributed by atoms with Crippen LogP contribution in [-0.4, -0.2) is 42.9 Å². The van der Waals surface area contributed by atoms with Crippen molar-refractivity contribution >= 4 is 11.3 Å². The van der Waals surface area contributed by atoms with E-state index >= 15 is 0 Å². The molecule has 19 heavy (non-hydrogen) atoms. The average Bonchev–Trinajstić information content (AvgIpc) is 2.92. The molecular formula is C15H23NO2S. The topological polar surface area (TPSA) is 32.7 Å². The van der Waals surface area contributed by atoms with Gasteiger partial charge >= 0.3 is 0 Å². The van der Waals surface area contributed by atoms with Crippen LogP contribution in [0.3, 0.4) is 0 Å². The molecule has 3 heterocycles. The smallest absolute Gasteiger partial charge is 0.0556 e. The third kappa shape index (κ3) is 2.59. The van der Waals surface area contributed by atoms with E-state index in [0.717, 1.165) is 39.0 Å². The van der Waals surface area contributed by atoms with Gasteiger partial charge in [0, 0.05) is 36.0 Å². The van der Waals surface area contributed by atoms with Crippen molar-refractivity contribution in [3.63, 3.8) is 0 Å². The Hall–Kier alpha value is -0.420. The van der Waals surface area contributed by atoms with Gasteiger partial charge in [-0.05, 0) is 43.2 Å². The fourth-order valence-corrected chi connectivity index (χ4v) is 4.38. The minimum absolute atomic E-state index is 0.0416. The van der Waals surface area contributed by atoms with Gasteiger partial charge in [-0.3, -0.25) is 4.90 Å². The summed E-state index contributed by atoms with van der Waals surface area (Å²) >= 11 is 1.88. The number of nitrogens with zero attached hydrogens (tertiary/aromatic N) is 1. The van der Waals surface area contributed by atoms with E-state index in [1.165, 1.54) is 5.56 Å². The van der Waals surface area contributed by atoms with Crippen molar-refractivity contribution in [1.29, 1.82) is 0 Å². The van der Waals surface area contributed by atoms with Gasteiger partial charge in [-0.25, -0.2) is 0 Å². The minimum Gasteiger partial charge on any atom is -0.396 e. The van der Waals surface area contributed by atoms with Crippen LogP contribution in [0.2, 0.25) is 0 Å². The first kappa shape index (κ1) is 13.6. The van der Waals surface area contributed by atoms with Gasteiger partial charge in [-0.2, -0.15) is 0 Å². The predicted molar refractivity (Wildman–Crippen MR) is 77.6 cm³/mol. The van der Waals surface area contributed by atoms with E-state index in [1.807, 2.05) is 11.3 Å². The Labute approximate surface area is 119 Å². The summed E-state index contributed by atoms with van der Waals surface area (Å²) in [4.78, 5) is 4.07. The third-order valence-corrected chi connectivity index (χ3v) is 5.68. The highest BCUT2D eigenvalue weighted by atomic mass is 32.1. The zero-order chi connectivity index (χ0) is 13.3. The Morgan fingerprint density at radius 3 is 3.21 bits per heavy atom. The molecule has 2 atom stereocenters. The van der Waals surface area contributed by atoms with E-state index < -0.39 is 0 Å². The van der Waals surface area contributed by atoms with Crippen LogP contribution in [0.25, 0.3) is 0 Å². The lowest BCUT2D eigenvalue weighted by molar-refractivity contribution is -0.0611. The second-order valence-corrected chi connectivity index (χ2v) is 7.01. The molecule has 1 N–H and O–H groups in total. The van der Waals surface area contributed by atoms with E-state index in [2.05, 4.69) is 23.3 Å². The summed E-state index contributed by atoms with van der Waals surface area (Å²) in [5.74, 6) is 0. The fraction of sp³-hybridized carbons (Fsp3) is 0.733. The maximum Gasteiger partial charge on any atom is 0.0556 e. The summed E-state index contributed by atoms with van der Waals surface area (Å²) < 4.78 is 5.62. The number of rotatable bonds is 3. The molecule has 2 aliphatic heterocycles. The van der Waals surface area contributed by atoms with Crippen LogP contribution in [0.1, 0.15) is 36.2 Å². The van der Waals surface area contributed by atoms with E-state index in [0.29, 0.717) is 12.6 Å². The maximum absolute atomic E-state index is 9.81. The van der Waals surface area contributed by atoms with Crippen molar-refractivity contribution < 1.29 is 9.84 Å². The molecule has 0 bridgehead atoms. The normalized spacial score (nSPS) is 32.2. The second-order valence-electron chi connectivity index (χ2n) is 6.01. The van der Waals surface area contributed by atoms with Gasteiger partial charge < -0.3 is 9.84 Å². The predicted octanol–water partition coefficient (Wildman–Crippen LogP) is 2.46. The van der Waals surface area contributed by atoms with Crippen LogP contribution in [0.5, 0.6) is 0 Å². The first-order chi connectivity index (χ1) is 9.24. The molecule has 1 fully saturated rings. The zero-order valence-corrected chi connectivity index (χ0v) is 12.4. The van der Waals surface area contributed by atoms with Crippen molar-refractivity contribution in [3.05, 3.63) is 21.9 Å². The average molecular weight is 281 g/mol. The minimum atomic E-state index is -0.0416. The van der Waals surface area contributed by atoms with Gasteiger partial charge in [0.05, 0.1) is 13.2 Å². The van der Waals surface area contributed by atoms with E-state index in [9.17, 15) is 5.11 Å². The van der Waals surface area contributed by atoms with E-state index in [4.69, 9.17) is 4.74 Å². The summed E-state index contributed by atoms with van der Waals surface area (Å²) in [5.41, 5.74) is 1.45. The van der Waals surface area contributed by atoms with Crippen LogP contribution in [0.4, 0.5) is 0 Å². The Morgan fingerprint density at radius 1 is 1.58 bits per heavy atom. The SMILES string of the molecule is CC1c2ccsc2CCN1CC1(CO)CCCOC1. The first-order valence-electron chi connectivity index (χ1n) is 7.23. The van der Waals surface area contributed by atoms with Crippen molar-refractivity contribution in [2.45, 2.75) is 32.2 Å². The zero-order valence-electron chi connectivity index (χ0n) is 11.6. The highest BCUT2D eigenvalue weighted by Crippen LogP contribution is 2.37. The summed E-state index contributed by atoms with van der Waals surface area (Å²) in [6.07, 6.45) is 3.31. The van der Waals surface area contributed by atoms with Gasteiger partial charge in [0.15, 0.2) is 0 Å². The number of aliphatic hydroxyl groups excluding tert-OH is 1. The Bertz CT molecular complexity index is 426. The highest BCUT2D eigenvalue weighted by molar-refractivity contribution is 7.10. The van der Waals surface area contributed by atoms with E-state index in [-0.39, 0.29) is 12.0 Å². The van der Waals surface area contributed by atoms with E-state index in [1.54, 1.807) is 4.88 Å². The number of fused-ring (bicyclic) bond motifs is 1. The lowest BCUT2D eigenvalue weighted by atomic mass is 9.82. The molecule has 1 aromatic heterocycles. The molecule has 0 aromatic carbocycles. The molecule has 0 amide bonds. The monoisotopic (exact) mass is 281 g/mol. The van der Waals surface area contributed by atoms with Crippen LogP contribution >= 0.6 is 11.3 Å². The molecule has 0 radical (unpaired) electrons. The molecule has 106 valence electrons. The molecule has 3 rings (SSSR count). The van der Waals surface area contributed by atoms with Gasteiger partial charge in [-0.15, -0.1) is 11.3 Å². The van der Waals surface area contributed by atoms with Crippen molar-refractivity contribution in [2.24, 2.45) is 5.41 Å². The maximum atomic E-state index is 9.81. The summed E-state index contributed by atoms with van der Waals surface area (Å²) in [6.45, 7) is 6.16. The number of aliphatic hydroxyl groups is 1. The summed E-state index contributed by atoms with van der Waals surface area (Å²) in [6, 6.07) is 2.74. The van der Waals surface area contributed by atoms with Crippen molar-refractivity contribution in [3.8, 4) is 0 Å². The standard InChI is InChI=1S/C15H23NO2S/c1-12-13-4-8-19-14(13)3-6-16(12)9-15(10-17)5-2-7-18-11-15/h4,8,12,17H,2-3,5-7,9-11H2,1H3. The fourth-order valence-electron chi connectivity index (χ4n) is 3.42. The van der Waals surface area contributed by atoms with Gasteiger partial charge in [0.2, 0.25) is 0 Å². The molecular weight excluding hydrogens is 258 g/mol. The lowest BCUT2D eigenvalue weighted by Gasteiger charge is -2.43. The van der Waals surface area contributed by atoms with Gasteiger partial charge in [-0.1, -0.05) is 0 Å². The lowest BCUT2D eigenvalue weighted by Crippen LogP contribution is -2.47. The first-order valence-corrected chi connectivity index (χ1v) is 8.11. The van der Waals surface area contributed by atoms with Gasteiger partial charge in [0.1, 0.15) is 0 Å². The molecule has 3 nitrogen and oxygen atoms in total. The highest BCUT2D eigenvalue weighted by Gasteiger charge is 2.37.